The molecule has 0 aromatic heterocycles. The van der Waals surface area contributed by atoms with Crippen LogP contribution in [0, 0.1) is 0 Å². The Morgan fingerprint density at radius 1 is 1.11 bits per heavy atom. The largest absolute Gasteiger partial charge is 0.381 e. The van der Waals surface area contributed by atoms with E-state index in [1.54, 1.807) is 0 Å². The first-order valence-corrected chi connectivity index (χ1v) is 7.61. The van der Waals surface area contributed by atoms with E-state index in [0.717, 1.165) is 32.2 Å². The highest BCUT2D eigenvalue weighted by Gasteiger charge is 2.41. The minimum Gasteiger partial charge on any atom is -0.381 e. The van der Waals surface area contributed by atoms with Crippen molar-refractivity contribution in [1.82, 2.24) is 9.80 Å². The molecule has 18 heavy (non-hydrogen) atoms. The van der Waals surface area contributed by atoms with E-state index in [0.29, 0.717) is 0 Å². The van der Waals surface area contributed by atoms with Crippen molar-refractivity contribution < 1.29 is 4.74 Å². The summed E-state index contributed by atoms with van der Waals surface area (Å²) in [6.07, 6.45) is 6.28. The fraction of sp³-hybridized carbons (Fsp3) is 1.00. The zero-order chi connectivity index (χ0) is 12.4. The summed E-state index contributed by atoms with van der Waals surface area (Å²) in [6.45, 7) is 7.60. The first-order valence-electron chi connectivity index (χ1n) is 7.61. The first-order chi connectivity index (χ1) is 8.84. The SMILES string of the molecule is NCC1(N2CCN3CCCC3C2)CCCOCC1. The van der Waals surface area contributed by atoms with Gasteiger partial charge in [0, 0.05) is 51.0 Å². The molecule has 3 saturated heterocycles. The Bertz CT molecular complexity index is 276. The zero-order valence-electron chi connectivity index (χ0n) is 11.4. The number of nitrogens with zero attached hydrogens (tertiary/aromatic N) is 2. The van der Waals surface area contributed by atoms with Crippen LogP contribution in [0.5, 0.6) is 0 Å². The lowest BCUT2D eigenvalue weighted by molar-refractivity contribution is 0.00626. The van der Waals surface area contributed by atoms with E-state index < -0.39 is 0 Å². The van der Waals surface area contributed by atoms with Gasteiger partial charge in [-0.3, -0.25) is 9.80 Å². The molecule has 4 heteroatoms. The Balaban J connectivity index is 1.70. The normalized spacial score (nSPS) is 39.5. The van der Waals surface area contributed by atoms with Gasteiger partial charge in [0.1, 0.15) is 0 Å². The van der Waals surface area contributed by atoms with E-state index in [1.165, 1.54) is 51.9 Å². The predicted octanol–water partition coefficient (Wildman–Crippen LogP) is 0.664. The van der Waals surface area contributed by atoms with Crippen LogP contribution in [0.1, 0.15) is 32.1 Å². The third kappa shape index (κ3) is 2.31. The molecule has 4 nitrogen and oxygen atoms in total. The smallest absolute Gasteiger partial charge is 0.0484 e. The van der Waals surface area contributed by atoms with E-state index in [9.17, 15) is 0 Å². The summed E-state index contributed by atoms with van der Waals surface area (Å²) in [6, 6.07) is 0.798. The molecule has 2 atom stereocenters. The van der Waals surface area contributed by atoms with Gasteiger partial charge in [-0.2, -0.15) is 0 Å². The lowest BCUT2D eigenvalue weighted by Crippen LogP contribution is -2.62. The summed E-state index contributed by atoms with van der Waals surface area (Å²) < 4.78 is 5.64. The Morgan fingerprint density at radius 2 is 2.06 bits per heavy atom. The standard InChI is InChI=1S/C14H27N3O/c15-12-14(4-2-9-18-10-5-14)17-8-7-16-6-1-3-13(16)11-17/h13H,1-12,15H2. The van der Waals surface area contributed by atoms with Crippen LogP contribution in [0.25, 0.3) is 0 Å². The molecule has 0 aliphatic carbocycles. The van der Waals surface area contributed by atoms with E-state index in [4.69, 9.17) is 10.5 Å². The number of rotatable bonds is 2. The van der Waals surface area contributed by atoms with Crippen LogP contribution in [-0.4, -0.2) is 67.3 Å². The molecule has 0 bridgehead atoms. The minimum absolute atomic E-state index is 0.227. The van der Waals surface area contributed by atoms with Crippen LogP contribution in [0.15, 0.2) is 0 Å². The Kier molecular flexibility index (Phi) is 3.89. The van der Waals surface area contributed by atoms with Crippen LogP contribution >= 0.6 is 0 Å². The number of hydrogen-bond donors (Lipinski definition) is 1. The van der Waals surface area contributed by atoms with Gasteiger partial charge in [0.25, 0.3) is 0 Å². The molecule has 3 rings (SSSR count). The van der Waals surface area contributed by atoms with Gasteiger partial charge in [0.05, 0.1) is 0 Å². The molecular weight excluding hydrogens is 226 g/mol. The number of fused-ring (bicyclic) bond motifs is 1. The molecule has 0 radical (unpaired) electrons. The molecule has 104 valence electrons. The van der Waals surface area contributed by atoms with Crippen LogP contribution < -0.4 is 5.73 Å². The van der Waals surface area contributed by atoms with Crippen LogP contribution in [0.2, 0.25) is 0 Å². The first kappa shape index (κ1) is 12.9. The molecule has 3 aliphatic heterocycles. The van der Waals surface area contributed by atoms with Crippen molar-refractivity contribution in [2.24, 2.45) is 5.73 Å². The Hall–Kier alpha value is -0.160. The van der Waals surface area contributed by atoms with Crippen molar-refractivity contribution >= 4 is 0 Å². The predicted molar refractivity (Wildman–Crippen MR) is 72.6 cm³/mol. The summed E-state index contributed by atoms with van der Waals surface area (Å²) in [5.41, 5.74) is 6.39. The quantitative estimate of drug-likeness (QED) is 0.785. The van der Waals surface area contributed by atoms with Crippen molar-refractivity contribution in [3.63, 3.8) is 0 Å². The molecule has 3 aliphatic rings. The zero-order valence-corrected chi connectivity index (χ0v) is 11.4. The van der Waals surface area contributed by atoms with Gasteiger partial charge in [-0.05, 0) is 38.6 Å². The second-order valence-electron chi connectivity index (χ2n) is 6.17. The van der Waals surface area contributed by atoms with E-state index in [-0.39, 0.29) is 5.54 Å². The molecule has 0 aromatic carbocycles. The topological polar surface area (TPSA) is 41.7 Å². The second-order valence-corrected chi connectivity index (χ2v) is 6.17. The number of hydrogen-bond acceptors (Lipinski definition) is 4. The number of ether oxygens (including phenoxy) is 1. The van der Waals surface area contributed by atoms with Crippen molar-refractivity contribution in [3.05, 3.63) is 0 Å². The lowest BCUT2D eigenvalue weighted by Gasteiger charge is -2.48. The average molecular weight is 253 g/mol. The van der Waals surface area contributed by atoms with Gasteiger partial charge in [-0.15, -0.1) is 0 Å². The van der Waals surface area contributed by atoms with E-state index in [2.05, 4.69) is 9.80 Å². The molecule has 3 heterocycles. The van der Waals surface area contributed by atoms with Crippen molar-refractivity contribution in [3.8, 4) is 0 Å². The van der Waals surface area contributed by atoms with Crippen LogP contribution in [0.3, 0.4) is 0 Å². The van der Waals surface area contributed by atoms with Crippen molar-refractivity contribution in [1.29, 1.82) is 0 Å². The molecule has 0 saturated carbocycles. The maximum atomic E-state index is 6.16. The summed E-state index contributed by atoms with van der Waals surface area (Å²) in [7, 11) is 0. The summed E-state index contributed by atoms with van der Waals surface area (Å²) in [5.74, 6) is 0. The average Bonchev–Trinajstić information content (AvgIpc) is 2.74. The van der Waals surface area contributed by atoms with Gasteiger partial charge < -0.3 is 10.5 Å². The highest BCUT2D eigenvalue weighted by atomic mass is 16.5. The fourth-order valence-electron chi connectivity index (χ4n) is 4.06. The molecule has 2 unspecified atom stereocenters. The van der Waals surface area contributed by atoms with Crippen LogP contribution in [-0.2, 0) is 4.74 Å². The Labute approximate surface area is 110 Å². The lowest BCUT2D eigenvalue weighted by atomic mass is 9.87. The third-order valence-electron chi connectivity index (χ3n) is 5.28. The molecule has 0 aromatic rings. The van der Waals surface area contributed by atoms with E-state index in [1.807, 2.05) is 0 Å². The molecular formula is C14H27N3O. The van der Waals surface area contributed by atoms with E-state index >= 15 is 0 Å². The molecule has 0 spiro atoms. The summed E-state index contributed by atoms with van der Waals surface area (Å²) in [5, 5.41) is 0. The van der Waals surface area contributed by atoms with Crippen molar-refractivity contribution in [2.45, 2.75) is 43.7 Å². The van der Waals surface area contributed by atoms with Gasteiger partial charge in [0.15, 0.2) is 0 Å². The van der Waals surface area contributed by atoms with Crippen molar-refractivity contribution in [2.75, 3.05) is 45.9 Å². The minimum atomic E-state index is 0.227. The molecule has 2 N–H and O–H groups in total. The monoisotopic (exact) mass is 253 g/mol. The maximum Gasteiger partial charge on any atom is 0.0484 e. The highest BCUT2D eigenvalue weighted by molar-refractivity contribution is 4.98. The summed E-state index contributed by atoms with van der Waals surface area (Å²) >= 11 is 0. The van der Waals surface area contributed by atoms with Gasteiger partial charge in [-0.25, -0.2) is 0 Å². The second kappa shape index (κ2) is 5.45. The molecule has 3 fully saturated rings. The van der Waals surface area contributed by atoms with Gasteiger partial charge in [-0.1, -0.05) is 0 Å². The van der Waals surface area contributed by atoms with Crippen LogP contribution in [0.4, 0.5) is 0 Å². The molecule has 0 amide bonds. The fourth-order valence-corrected chi connectivity index (χ4v) is 4.06. The maximum absolute atomic E-state index is 6.16. The van der Waals surface area contributed by atoms with Gasteiger partial charge in [0.2, 0.25) is 0 Å². The Morgan fingerprint density at radius 3 is 2.94 bits per heavy atom. The number of nitrogens with two attached hydrogens (primary N) is 1. The summed E-state index contributed by atoms with van der Waals surface area (Å²) in [4.78, 5) is 5.38. The number of piperazine rings is 1. The third-order valence-corrected chi connectivity index (χ3v) is 5.28. The highest BCUT2D eigenvalue weighted by Crippen LogP contribution is 2.32. The van der Waals surface area contributed by atoms with Gasteiger partial charge >= 0.3 is 0 Å².